The van der Waals surface area contributed by atoms with Crippen LogP contribution in [0, 0.1) is 0 Å². The molecule has 0 bridgehead atoms. The Morgan fingerprint density at radius 2 is 1.71 bits per heavy atom. The van der Waals surface area contributed by atoms with Crippen molar-refractivity contribution in [2.75, 3.05) is 25.6 Å². The van der Waals surface area contributed by atoms with Crippen LogP contribution in [0.1, 0.15) is 0 Å². The van der Waals surface area contributed by atoms with E-state index in [0.717, 1.165) is 0 Å². The molecule has 0 spiro atoms. The number of nitrogens with one attached hydrogen (secondary N) is 1. The summed E-state index contributed by atoms with van der Waals surface area (Å²) in [6.07, 6.45) is 0. The number of rotatable bonds is 6. The zero-order valence-corrected chi connectivity index (χ0v) is 19.5. The molecule has 8 nitrogen and oxygen atoms in total. The first kappa shape index (κ1) is 22.1. The van der Waals surface area contributed by atoms with Gasteiger partial charge >= 0.3 is 0 Å². The molecule has 1 aromatic heterocycles. The van der Waals surface area contributed by atoms with E-state index in [9.17, 15) is 8.42 Å². The van der Waals surface area contributed by atoms with E-state index in [4.69, 9.17) is 30.2 Å². The van der Waals surface area contributed by atoms with Crippen LogP contribution in [0.15, 0.2) is 81.1 Å². The Hall–Kier alpha value is -3.69. The van der Waals surface area contributed by atoms with Crippen LogP contribution in [0.5, 0.6) is 17.2 Å². The second kappa shape index (κ2) is 8.92. The van der Waals surface area contributed by atoms with Crippen molar-refractivity contribution in [1.82, 2.24) is 4.98 Å². The van der Waals surface area contributed by atoms with E-state index in [-0.39, 0.29) is 21.7 Å². The van der Waals surface area contributed by atoms with Crippen LogP contribution in [0.2, 0.25) is 5.02 Å². The van der Waals surface area contributed by atoms with Gasteiger partial charge < -0.3 is 23.9 Å². The second-order valence-corrected chi connectivity index (χ2v) is 9.57. The lowest BCUT2D eigenvalue weighted by Gasteiger charge is -2.18. The Kier molecular flexibility index (Phi) is 5.80. The van der Waals surface area contributed by atoms with Crippen LogP contribution < -0.4 is 19.5 Å². The van der Waals surface area contributed by atoms with Gasteiger partial charge in [-0.1, -0.05) is 23.7 Å². The minimum atomic E-state index is -4.11. The summed E-state index contributed by atoms with van der Waals surface area (Å²) < 4.78 is 49.4. The molecule has 1 aliphatic rings. The summed E-state index contributed by atoms with van der Waals surface area (Å²) in [7, 11) is -2.54. The zero-order chi connectivity index (χ0) is 23.7. The predicted molar refractivity (Wildman–Crippen MR) is 126 cm³/mol. The van der Waals surface area contributed by atoms with Gasteiger partial charge in [0.2, 0.25) is 26.6 Å². The minimum Gasteiger partial charge on any atom is -0.497 e. The fraction of sp³-hybridized carbons (Fsp3) is 0.125. The van der Waals surface area contributed by atoms with E-state index in [2.05, 4.69) is 10.3 Å². The van der Waals surface area contributed by atoms with E-state index >= 15 is 0 Å². The Morgan fingerprint density at radius 1 is 0.971 bits per heavy atom. The largest absolute Gasteiger partial charge is 0.497 e. The maximum atomic E-state index is 13.6. The molecule has 0 radical (unpaired) electrons. The lowest BCUT2D eigenvalue weighted by Crippen LogP contribution is -2.16. The molecule has 1 N–H and O–H groups in total. The molecule has 0 fully saturated rings. The van der Waals surface area contributed by atoms with Gasteiger partial charge in [0, 0.05) is 11.8 Å². The first-order chi connectivity index (χ1) is 16.5. The highest BCUT2D eigenvalue weighted by molar-refractivity contribution is 7.91. The first-order valence-electron chi connectivity index (χ1n) is 10.3. The molecular weight excluding hydrogens is 480 g/mol. The van der Waals surface area contributed by atoms with E-state index in [1.165, 1.54) is 12.1 Å². The Bertz CT molecular complexity index is 1450. The zero-order valence-electron chi connectivity index (χ0n) is 17.9. The maximum absolute atomic E-state index is 13.6. The smallest absolute Gasteiger partial charge is 0.238 e. The van der Waals surface area contributed by atoms with Crippen molar-refractivity contribution in [3.8, 4) is 28.7 Å². The number of nitrogens with zero attached hydrogens (tertiary/aromatic N) is 1. The third-order valence-electron chi connectivity index (χ3n) is 5.13. The van der Waals surface area contributed by atoms with E-state index in [1.807, 2.05) is 0 Å². The fourth-order valence-corrected chi connectivity index (χ4v) is 4.91. The second-order valence-electron chi connectivity index (χ2n) is 7.30. The molecule has 10 heteroatoms. The number of sulfone groups is 1. The highest BCUT2D eigenvalue weighted by Crippen LogP contribution is 2.39. The van der Waals surface area contributed by atoms with Gasteiger partial charge in [0.05, 0.1) is 22.6 Å². The van der Waals surface area contributed by atoms with Gasteiger partial charge in [0.25, 0.3) is 0 Å². The summed E-state index contributed by atoms with van der Waals surface area (Å²) >= 11 is 6.31. The van der Waals surface area contributed by atoms with E-state index in [1.54, 1.807) is 61.7 Å². The van der Waals surface area contributed by atoms with Gasteiger partial charge in [-0.15, -0.1) is 0 Å². The predicted octanol–water partition coefficient (Wildman–Crippen LogP) is 5.35. The fourth-order valence-electron chi connectivity index (χ4n) is 3.43. The molecule has 0 saturated heterocycles. The molecule has 0 atom stereocenters. The highest BCUT2D eigenvalue weighted by atomic mass is 35.5. The maximum Gasteiger partial charge on any atom is 0.238 e. The van der Waals surface area contributed by atoms with Crippen LogP contribution in [0.25, 0.3) is 11.5 Å². The number of benzene rings is 3. The van der Waals surface area contributed by atoms with Crippen molar-refractivity contribution in [1.29, 1.82) is 0 Å². The van der Waals surface area contributed by atoms with Gasteiger partial charge in [0.1, 0.15) is 19.0 Å². The van der Waals surface area contributed by atoms with E-state index < -0.39 is 9.84 Å². The number of hydrogen-bond acceptors (Lipinski definition) is 8. The van der Waals surface area contributed by atoms with Crippen molar-refractivity contribution in [3.05, 3.63) is 71.8 Å². The van der Waals surface area contributed by atoms with Crippen molar-refractivity contribution >= 4 is 33.0 Å². The molecule has 0 amide bonds. The quantitative estimate of drug-likeness (QED) is 0.379. The summed E-state index contributed by atoms with van der Waals surface area (Å²) in [4.78, 5) is 4.33. The SMILES string of the molecule is COc1ccc(Nc2oc(-c3ccccc3Cl)nc2S(=O)(=O)c2ccc3c(c2)OCCO3)cc1. The van der Waals surface area contributed by atoms with Crippen molar-refractivity contribution in [2.24, 2.45) is 0 Å². The van der Waals surface area contributed by atoms with Crippen molar-refractivity contribution in [2.45, 2.75) is 9.92 Å². The molecule has 5 rings (SSSR count). The third-order valence-corrected chi connectivity index (χ3v) is 7.12. The Labute approximate surface area is 201 Å². The van der Waals surface area contributed by atoms with Gasteiger partial charge in [-0.2, -0.15) is 4.98 Å². The van der Waals surface area contributed by atoms with Crippen LogP contribution in [0.4, 0.5) is 11.6 Å². The molecule has 0 unspecified atom stereocenters. The van der Waals surface area contributed by atoms with Gasteiger partial charge in [-0.05, 0) is 48.5 Å². The number of aromatic nitrogens is 1. The normalized spacial score (nSPS) is 12.9. The topological polar surface area (TPSA) is 99.9 Å². The first-order valence-corrected chi connectivity index (χ1v) is 12.1. The molecule has 4 aromatic rings. The molecule has 3 aromatic carbocycles. The lowest BCUT2D eigenvalue weighted by molar-refractivity contribution is 0.171. The van der Waals surface area contributed by atoms with Gasteiger partial charge in [-0.25, -0.2) is 8.42 Å². The van der Waals surface area contributed by atoms with Crippen LogP contribution in [0.3, 0.4) is 0 Å². The highest BCUT2D eigenvalue weighted by Gasteiger charge is 2.30. The lowest BCUT2D eigenvalue weighted by atomic mass is 10.2. The van der Waals surface area contributed by atoms with E-state index in [0.29, 0.717) is 46.7 Å². The molecular formula is C24H19ClN2O6S. The molecule has 0 saturated carbocycles. The van der Waals surface area contributed by atoms with Crippen molar-refractivity contribution < 1.29 is 27.0 Å². The average molecular weight is 499 g/mol. The summed E-state index contributed by atoms with van der Waals surface area (Å²) in [5.74, 6) is 1.52. The van der Waals surface area contributed by atoms with Crippen LogP contribution >= 0.6 is 11.6 Å². The number of halogens is 1. The summed E-state index contributed by atoms with van der Waals surface area (Å²) in [6.45, 7) is 0.737. The Morgan fingerprint density at radius 3 is 2.44 bits per heavy atom. The summed E-state index contributed by atoms with van der Waals surface area (Å²) in [5, 5.41) is 3.10. The van der Waals surface area contributed by atoms with Crippen LogP contribution in [-0.4, -0.2) is 33.7 Å². The minimum absolute atomic E-state index is 0.00598. The summed E-state index contributed by atoms with van der Waals surface area (Å²) in [5.41, 5.74) is 1.05. The van der Waals surface area contributed by atoms with Gasteiger partial charge in [-0.3, -0.25) is 0 Å². The number of ether oxygens (including phenoxy) is 3. The molecule has 174 valence electrons. The molecule has 34 heavy (non-hydrogen) atoms. The average Bonchev–Trinajstić information content (AvgIpc) is 3.29. The summed E-state index contributed by atoms with van der Waals surface area (Å²) in [6, 6.07) is 18.3. The molecule has 0 aliphatic carbocycles. The van der Waals surface area contributed by atoms with Crippen LogP contribution in [-0.2, 0) is 9.84 Å². The third kappa shape index (κ3) is 4.15. The number of fused-ring (bicyclic) bond motifs is 1. The number of hydrogen-bond donors (Lipinski definition) is 1. The van der Waals surface area contributed by atoms with Gasteiger partial charge in [0.15, 0.2) is 11.5 Å². The number of anilines is 2. The monoisotopic (exact) mass is 498 g/mol. The molecule has 2 heterocycles. The Balaban J connectivity index is 1.61. The van der Waals surface area contributed by atoms with Crippen molar-refractivity contribution in [3.63, 3.8) is 0 Å². The number of methoxy groups -OCH3 is 1. The molecule has 1 aliphatic heterocycles. The number of oxazole rings is 1. The standard InChI is InChI=1S/C24H19ClN2O6S/c1-30-16-8-6-15(7-9-16)26-23-24(27-22(33-23)18-4-2-3-5-19(18)25)34(28,29)17-10-11-20-21(14-17)32-13-12-31-20/h2-11,14,26H,12-13H2,1H3.